The molecule has 112 valence electrons. The molecule has 4 aromatic rings. The summed E-state index contributed by atoms with van der Waals surface area (Å²) >= 11 is 0. The van der Waals surface area contributed by atoms with Crippen LogP contribution in [0.2, 0.25) is 0 Å². The minimum atomic E-state index is -0.140. The van der Waals surface area contributed by atoms with E-state index in [1.54, 1.807) is 0 Å². The first-order valence-electron chi connectivity index (χ1n) is 7.51. The predicted molar refractivity (Wildman–Crippen MR) is 91.4 cm³/mol. The van der Waals surface area contributed by atoms with E-state index < -0.39 is 0 Å². The van der Waals surface area contributed by atoms with E-state index in [9.17, 15) is 4.79 Å². The van der Waals surface area contributed by atoms with Gasteiger partial charge in [-0.25, -0.2) is 4.98 Å². The minimum Gasteiger partial charge on any atom is -0.301 e. The van der Waals surface area contributed by atoms with Crippen molar-refractivity contribution in [3.8, 4) is 11.3 Å². The minimum absolute atomic E-state index is 0.140. The van der Waals surface area contributed by atoms with Crippen LogP contribution in [0.5, 0.6) is 0 Å². The fourth-order valence-corrected chi connectivity index (χ4v) is 2.80. The number of para-hydroxylation sites is 1. The maximum atomic E-state index is 12.2. The Bertz CT molecular complexity index is 1020. The Morgan fingerprint density at radius 1 is 0.826 bits per heavy atom. The Morgan fingerprint density at radius 3 is 2.48 bits per heavy atom. The van der Waals surface area contributed by atoms with Gasteiger partial charge in [0.15, 0.2) is 0 Å². The zero-order chi connectivity index (χ0) is 15.6. The zero-order valence-electron chi connectivity index (χ0n) is 12.4. The second kappa shape index (κ2) is 5.57. The van der Waals surface area contributed by atoms with E-state index in [-0.39, 0.29) is 5.56 Å². The van der Waals surface area contributed by atoms with Crippen LogP contribution in [0, 0.1) is 0 Å². The number of fused-ring (bicyclic) bond motifs is 1. The molecule has 2 aromatic carbocycles. The Morgan fingerprint density at radius 2 is 1.61 bits per heavy atom. The maximum Gasteiger partial charge on any atom is 0.273 e. The highest BCUT2D eigenvalue weighted by atomic mass is 16.1. The summed E-state index contributed by atoms with van der Waals surface area (Å²) in [6.45, 7) is 0. The number of H-pyrrole nitrogens is 2. The van der Waals surface area contributed by atoms with Crippen molar-refractivity contribution in [2.24, 2.45) is 0 Å². The van der Waals surface area contributed by atoms with Gasteiger partial charge in [0, 0.05) is 11.8 Å². The average molecular weight is 301 g/mol. The molecule has 2 aromatic heterocycles. The van der Waals surface area contributed by atoms with Crippen molar-refractivity contribution in [2.75, 3.05) is 0 Å². The average Bonchev–Trinajstić information content (AvgIpc) is 2.96. The summed E-state index contributed by atoms with van der Waals surface area (Å²) in [5.74, 6) is 0. The SMILES string of the molecule is O=c1[nH][nH]c(Cc2ccccc2)c1-c1ccc2ccccc2n1. The number of hydrogen-bond donors (Lipinski definition) is 2. The highest BCUT2D eigenvalue weighted by molar-refractivity contribution is 5.81. The van der Waals surface area contributed by atoms with Crippen molar-refractivity contribution in [1.82, 2.24) is 15.2 Å². The van der Waals surface area contributed by atoms with Gasteiger partial charge >= 0.3 is 0 Å². The molecule has 0 bridgehead atoms. The van der Waals surface area contributed by atoms with E-state index in [0.717, 1.165) is 22.2 Å². The number of hydrogen-bond acceptors (Lipinski definition) is 2. The molecule has 0 fully saturated rings. The van der Waals surface area contributed by atoms with Crippen molar-refractivity contribution in [1.29, 1.82) is 0 Å². The maximum absolute atomic E-state index is 12.2. The molecule has 0 saturated carbocycles. The fourth-order valence-electron chi connectivity index (χ4n) is 2.80. The Balaban J connectivity index is 1.81. The van der Waals surface area contributed by atoms with Crippen LogP contribution in [0.15, 0.2) is 71.5 Å². The number of pyridine rings is 1. The number of benzene rings is 2. The van der Waals surface area contributed by atoms with Gasteiger partial charge in [0.05, 0.1) is 22.5 Å². The lowest BCUT2D eigenvalue weighted by Crippen LogP contribution is -2.04. The van der Waals surface area contributed by atoms with Crippen molar-refractivity contribution < 1.29 is 0 Å². The van der Waals surface area contributed by atoms with Crippen molar-refractivity contribution in [3.63, 3.8) is 0 Å². The van der Waals surface area contributed by atoms with Crippen LogP contribution in [0.25, 0.3) is 22.2 Å². The third-order valence-corrected chi connectivity index (χ3v) is 3.93. The molecule has 0 aliphatic carbocycles. The first-order valence-corrected chi connectivity index (χ1v) is 7.51. The van der Waals surface area contributed by atoms with E-state index in [2.05, 4.69) is 15.2 Å². The molecule has 2 heterocycles. The highest BCUT2D eigenvalue weighted by Crippen LogP contribution is 2.22. The van der Waals surface area contributed by atoms with Crippen LogP contribution >= 0.6 is 0 Å². The van der Waals surface area contributed by atoms with E-state index in [1.165, 1.54) is 0 Å². The van der Waals surface area contributed by atoms with Gasteiger partial charge < -0.3 is 5.10 Å². The molecular weight excluding hydrogens is 286 g/mol. The van der Waals surface area contributed by atoms with Crippen LogP contribution in [0.3, 0.4) is 0 Å². The predicted octanol–water partition coefficient (Wildman–Crippen LogP) is 3.51. The van der Waals surface area contributed by atoms with Crippen LogP contribution in [0.1, 0.15) is 11.3 Å². The molecule has 4 nitrogen and oxygen atoms in total. The second-order valence-corrected chi connectivity index (χ2v) is 5.48. The topological polar surface area (TPSA) is 61.5 Å². The van der Waals surface area contributed by atoms with E-state index >= 15 is 0 Å². The molecule has 4 rings (SSSR count). The number of aromatic nitrogens is 3. The van der Waals surface area contributed by atoms with Gasteiger partial charge in [0.25, 0.3) is 5.56 Å². The van der Waals surface area contributed by atoms with Crippen LogP contribution < -0.4 is 5.56 Å². The van der Waals surface area contributed by atoms with E-state index in [0.29, 0.717) is 17.7 Å². The molecule has 0 amide bonds. The number of aromatic amines is 2. The lowest BCUT2D eigenvalue weighted by molar-refractivity contribution is 0.983. The first kappa shape index (κ1) is 13.5. The second-order valence-electron chi connectivity index (χ2n) is 5.48. The Kier molecular flexibility index (Phi) is 3.27. The molecule has 23 heavy (non-hydrogen) atoms. The van der Waals surface area contributed by atoms with Gasteiger partial charge in [0.1, 0.15) is 0 Å². The summed E-state index contributed by atoms with van der Waals surface area (Å²) < 4.78 is 0. The molecule has 0 aliphatic rings. The van der Waals surface area contributed by atoms with Crippen LogP contribution in [0.4, 0.5) is 0 Å². The lowest BCUT2D eigenvalue weighted by Gasteiger charge is -2.04. The number of rotatable bonds is 3. The highest BCUT2D eigenvalue weighted by Gasteiger charge is 2.14. The molecule has 0 aliphatic heterocycles. The molecule has 0 atom stereocenters. The van der Waals surface area contributed by atoms with Gasteiger partial charge in [0.2, 0.25) is 0 Å². The Labute approximate surface area is 132 Å². The summed E-state index contributed by atoms with van der Waals surface area (Å²) in [4.78, 5) is 16.9. The van der Waals surface area contributed by atoms with Gasteiger partial charge in [-0.1, -0.05) is 54.6 Å². The molecule has 4 heteroatoms. The largest absolute Gasteiger partial charge is 0.301 e. The smallest absolute Gasteiger partial charge is 0.273 e. The van der Waals surface area contributed by atoms with E-state index in [4.69, 9.17) is 0 Å². The first-order chi connectivity index (χ1) is 11.3. The summed E-state index contributed by atoms with van der Waals surface area (Å²) in [6, 6.07) is 21.8. The number of nitrogens with one attached hydrogen (secondary N) is 2. The standard InChI is InChI=1S/C19H15N3O/c23-19-18(16-11-10-14-8-4-5-9-15(14)20-16)17(21-22-19)12-13-6-2-1-3-7-13/h1-11H,12H2,(H2,21,22,23). The summed E-state index contributed by atoms with van der Waals surface area (Å²) in [7, 11) is 0. The van der Waals surface area contributed by atoms with Gasteiger partial charge in [-0.2, -0.15) is 0 Å². The third kappa shape index (κ3) is 2.55. The van der Waals surface area contributed by atoms with Crippen molar-refractivity contribution in [3.05, 3.63) is 88.3 Å². The van der Waals surface area contributed by atoms with Crippen LogP contribution in [-0.2, 0) is 6.42 Å². The monoisotopic (exact) mass is 301 g/mol. The van der Waals surface area contributed by atoms with Gasteiger partial charge in [-0.15, -0.1) is 0 Å². The molecule has 0 spiro atoms. The number of nitrogens with zero attached hydrogens (tertiary/aromatic N) is 1. The molecule has 0 radical (unpaired) electrons. The van der Waals surface area contributed by atoms with Crippen molar-refractivity contribution >= 4 is 10.9 Å². The van der Waals surface area contributed by atoms with Gasteiger partial charge in [-0.3, -0.25) is 9.89 Å². The molecule has 0 saturated heterocycles. The Hall–Kier alpha value is -3.14. The van der Waals surface area contributed by atoms with Gasteiger partial charge in [-0.05, 0) is 17.7 Å². The fraction of sp³-hybridized carbons (Fsp3) is 0.0526. The zero-order valence-corrected chi connectivity index (χ0v) is 12.4. The molecule has 2 N–H and O–H groups in total. The summed E-state index contributed by atoms with van der Waals surface area (Å²) in [5, 5.41) is 6.74. The van der Waals surface area contributed by atoms with Crippen LogP contribution in [-0.4, -0.2) is 15.2 Å². The van der Waals surface area contributed by atoms with Crippen molar-refractivity contribution in [2.45, 2.75) is 6.42 Å². The third-order valence-electron chi connectivity index (χ3n) is 3.93. The molecule has 0 unspecified atom stereocenters. The lowest BCUT2D eigenvalue weighted by atomic mass is 10.0. The van der Waals surface area contributed by atoms with E-state index in [1.807, 2.05) is 66.7 Å². The summed E-state index contributed by atoms with van der Waals surface area (Å²) in [5.41, 5.74) is 4.04. The summed E-state index contributed by atoms with van der Waals surface area (Å²) in [6.07, 6.45) is 0.656. The normalized spacial score (nSPS) is 11.0. The molecular formula is C19H15N3O. The quantitative estimate of drug-likeness (QED) is 0.608.